The van der Waals surface area contributed by atoms with Crippen LogP contribution < -0.4 is 0 Å². The van der Waals surface area contributed by atoms with Crippen LogP contribution in [0, 0.1) is 0 Å². The Labute approximate surface area is 345 Å². The normalized spacial score (nSPS) is 20.8. The van der Waals surface area contributed by atoms with Crippen LogP contribution in [-0.2, 0) is 28.5 Å². The van der Waals surface area contributed by atoms with Gasteiger partial charge in [-0.15, -0.1) is 0 Å². The van der Waals surface area contributed by atoms with E-state index < -0.39 is 55.4 Å². The predicted molar refractivity (Wildman–Crippen MR) is 228 cm³/mol. The van der Waals surface area contributed by atoms with Gasteiger partial charge < -0.3 is 39.4 Å². The zero-order valence-corrected chi connectivity index (χ0v) is 35.6. The highest BCUT2D eigenvalue weighted by Crippen LogP contribution is 2.22. The number of ether oxygens (including phenoxy) is 4. The molecule has 0 spiro atoms. The molecule has 1 heterocycles. The van der Waals surface area contributed by atoms with Crippen LogP contribution in [-0.4, -0.2) is 89.0 Å². The summed E-state index contributed by atoms with van der Waals surface area (Å²) in [4.78, 5) is 25.3. The molecule has 0 bridgehead atoms. The summed E-state index contributed by atoms with van der Waals surface area (Å²) in [5.41, 5.74) is 0. The van der Waals surface area contributed by atoms with Gasteiger partial charge in [-0.25, -0.2) is 0 Å². The van der Waals surface area contributed by atoms with Gasteiger partial charge in [0.2, 0.25) is 0 Å². The third-order valence-electron chi connectivity index (χ3n) is 9.88. The highest BCUT2D eigenvalue weighted by atomic mass is 16.7. The molecule has 57 heavy (non-hydrogen) atoms. The summed E-state index contributed by atoms with van der Waals surface area (Å²) in [5, 5.41) is 40.0. The standard InChI is InChI=1S/C47H80O10/c1-3-5-7-9-11-13-15-17-19-20-22-23-25-27-29-31-33-35-42(49)54-38-40(39-55-47-46(53)45(52)44(51)41(37-48)57-47)56-43(50)36-34-32-30-28-26-24-21-18-16-14-12-10-8-6-4-2/h11,13,17-19,21-23,27,29,40-41,44-48,51-53H,3-10,12,14-16,20,24-26,28,30-39H2,1-2H3/b13-11-,19-17-,21-18-,23-22-,29-27-/t40-,41-,44+,45+,46-,47-/m1/s1. The molecule has 1 saturated heterocycles. The molecule has 0 unspecified atom stereocenters. The lowest BCUT2D eigenvalue weighted by molar-refractivity contribution is -0.305. The highest BCUT2D eigenvalue weighted by Gasteiger charge is 2.44. The Morgan fingerprint density at radius 3 is 1.58 bits per heavy atom. The van der Waals surface area contributed by atoms with Gasteiger partial charge in [-0.2, -0.15) is 0 Å². The monoisotopic (exact) mass is 805 g/mol. The lowest BCUT2D eigenvalue weighted by Crippen LogP contribution is -2.59. The van der Waals surface area contributed by atoms with Gasteiger partial charge in [0.25, 0.3) is 0 Å². The number of hydrogen-bond donors (Lipinski definition) is 4. The molecule has 0 aromatic heterocycles. The molecule has 1 fully saturated rings. The van der Waals surface area contributed by atoms with E-state index in [-0.39, 0.29) is 26.1 Å². The molecular weight excluding hydrogens is 725 g/mol. The summed E-state index contributed by atoms with van der Waals surface area (Å²) in [6, 6.07) is 0. The van der Waals surface area contributed by atoms with Crippen LogP contribution in [0.3, 0.4) is 0 Å². The van der Waals surface area contributed by atoms with Crippen molar-refractivity contribution >= 4 is 11.9 Å². The number of allylic oxidation sites excluding steroid dienone is 10. The summed E-state index contributed by atoms with van der Waals surface area (Å²) in [7, 11) is 0. The van der Waals surface area contributed by atoms with Crippen LogP contribution in [0.4, 0.5) is 0 Å². The second-order valence-electron chi connectivity index (χ2n) is 15.1. The van der Waals surface area contributed by atoms with E-state index in [9.17, 15) is 30.0 Å². The SMILES string of the molecule is CCCCC/C=C\C/C=C\C/C=C\C/C=C\CCCC(=O)OC[C@H](CO[C@@H]1O[C@H](CO)[C@H](O)[C@H](O)[C@H]1O)OC(=O)CCCCCCC/C=C\CCCCCCCC. The van der Waals surface area contributed by atoms with Crippen LogP contribution in [0.5, 0.6) is 0 Å². The Kier molecular flexibility index (Phi) is 34.6. The maximum atomic E-state index is 12.8. The van der Waals surface area contributed by atoms with Crippen molar-refractivity contribution in [3.05, 3.63) is 60.8 Å². The summed E-state index contributed by atoms with van der Waals surface area (Å²) in [6.45, 7) is 3.31. The van der Waals surface area contributed by atoms with Crippen molar-refractivity contribution in [3.63, 3.8) is 0 Å². The van der Waals surface area contributed by atoms with Gasteiger partial charge in [-0.1, -0.05) is 139 Å². The van der Waals surface area contributed by atoms with Crippen LogP contribution in [0.1, 0.15) is 168 Å². The topological polar surface area (TPSA) is 152 Å². The molecule has 6 atom stereocenters. The van der Waals surface area contributed by atoms with Crippen molar-refractivity contribution in [3.8, 4) is 0 Å². The average Bonchev–Trinajstić information content (AvgIpc) is 3.21. The maximum Gasteiger partial charge on any atom is 0.306 e. The first-order valence-corrected chi connectivity index (χ1v) is 22.4. The second-order valence-corrected chi connectivity index (χ2v) is 15.1. The first-order chi connectivity index (χ1) is 27.8. The van der Waals surface area contributed by atoms with Crippen molar-refractivity contribution in [2.24, 2.45) is 0 Å². The fraction of sp³-hybridized carbons (Fsp3) is 0.745. The minimum atomic E-state index is -1.61. The Morgan fingerprint density at radius 2 is 1.00 bits per heavy atom. The second kappa shape index (κ2) is 37.7. The number of unbranched alkanes of at least 4 members (excludes halogenated alkanes) is 15. The summed E-state index contributed by atoms with van der Waals surface area (Å²) in [6.07, 6.45) is 38.0. The molecule has 1 rings (SSSR count). The number of rotatable bonds is 36. The predicted octanol–water partition coefficient (Wildman–Crippen LogP) is 9.44. The molecule has 0 radical (unpaired) electrons. The minimum Gasteiger partial charge on any atom is -0.462 e. The van der Waals surface area contributed by atoms with Gasteiger partial charge in [0.05, 0.1) is 13.2 Å². The number of esters is 2. The van der Waals surface area contributed by atoms with E-state index in [1.807, 2.05) is 6.08 Å². The van der Waals surface area contributed by atoms with Crippen molar-refractivity contribution in [2.45, 2.75) is 205 Å². The van der Waals surface area contributed by atoms with E-state index in [0.29, 0.717) is 12.8 Å². The van der Waals surface area contributed by atoms with Gasteiger partial charge in [0, 0.05) is 12.8 Å². The van der Waals surface area contributed by atoms with E-state index in [2.05, 4.69) is 68.5 Å². The number of carbonyl (C=O) groups is 2. The molecule has 328 valence electrons. The quantitative estimate of drug-likeness (QED) is 0.0274. The van der Waals surface area contributed by atoms with Crippen LogP contribution in [0.2, 0.25) is 0 Å². The van der Waals surface area contributed by atoms with Gasteiger partial charge in [-0.05, 0) is 77.0 Å². The van der Waals surface area contributed by atoms with E-state index >= 15 is 0 Å². The highest BCUT2D eigenvalue weighted by molar-refractivity contribution is 5.70. The largest absolute Gasteiger partial charge is 0.462 e. The van der Waals surface area contributed by atoms with Gasteiger partial charge in [0.1, 0.15) is 31.0 Å². The van der Waals surface area contributed by atoms with Crippen LogP contribution in [0.25, 0.3) is 0 Å². The molecule has 0 aromatic carbocycles. The van der Waals surface area contributed by atoms with Crippen LogP contribution in [0.15, 0.2) is 60.8 Å². The summed E-state index contributed by atoms with van der Waals surface area (Å²) in [5.74, 6) is -0.886. The first-order valence-electron chi connectivity index (χ1n) is 22.4. The Balaban J connectivity index is 2.39. The van der Waals surface area contributed by atoms with Crippen molar-refractivity contribution in [1.29, 1.82) is 0 Å². The van der Waals surface area contributed by atoms with Crippen molar-refractivity contribution in [2.75, 3.05) is 19.8 Å². The van der Waals surface area contributed by atoms with Gasteiger partial charge in [0.15, 0.2) is 12.4 Å². The Hall–Kier alpha value is -2.60. The molecule has 0 aromatic rings. The van der Waals surface area contributed by atoms with Crippen LogP contribution >= 0.6 is 0 Å². The molecule has 10 heteroatoms. The van der Waals surface area contributed by atoms with E-state index in [4.69, 9.17) is 18.9 Å². The Bertz CT molecular complexity index is 1110. The molecule has 1 aliphatic heterocycles. The lowest BCUT2D eigenvalue weighted by Gasteiger charge is -2.39. The molecule has 1 aliphatic rings. The number of carbonyl (C=O) groups excluding carboxylic acids is 2. The van der Waals surface area contributed by atoms with Crippen molar-refractivity contribution < 1.29 is 49.0 Å². The molecule has 0 aliphatic carbocycles. The van der Waals surface area contributed by atoms with Gasteiger partial charge >= 0.3 is 11.9 Å². The Morgan fingerprint density at radius 1 is 0.544 bits per heavy atom. The minimum absolute atomic E-state index is 0.196. The summed E-state index contributed by atoms with van der Waals surface area (Å²) < 4.78 is 22.1. The molecule has 4 N–H and O–H groups in total. The molecular formula is C47H80O10. The fourth-order valence-corrected chi connectivity index (χ4v) is 6.29. The average molecular weight is 805 g/mol. The van der Waals surface area contributed by atoms with E-state index in [0.717, 1.165) is 70.6 Å². The third-order valence-corrected chi connectivity index (χ3v) is 9.88. The molecule has 0 saturated carbocycles. The lowest BCUT2D eigenvalue weighted by atomic mass is 9.99. The smallest absolute Gasteiger partial charge is 0.306 e. The number of aliphatic hydroxyl groups is 4. The summed E-state index contributed by atoms with van der Waals surface area (Å²) >= 11 is 0. The van der Waals surface area contributed by atoms with Crippen molar-refractivity contribution in [1.82, 2.24) is 0 Å². The third kappa shape index (κ3) is 29.3. The van der Waals surface area contributed by atoms with E-state index in [1.54, 1.807) is 0 Å². The fourth-order valence-electron chi connectivity index (χ4n) is 6.29. The zero-order chi connectivity index (χ0) is 41.6. The zero-order valence-electron chi connectivity index (χ0n) is 35.6. The molecule has 10 nitrogen and oxygen atoms in total. The molecule has 0 amide bonds. The van der Waals surface area contributed by atoms with E-state index in [1.165, 1.54) is 57.8 Å². The number of hydrogen-bond acceptors (Lipinski definition) is 10. The first kappa shape index (κ1) is 52.4. The maximum absolute atomic E-state index is 12.8. The number of aliphatic hydroxyl groups excluding tert-OH is 4. The van der Waals surface area contributed by atoms with Gasteiger partial charge in [-0.3, -0.25) is 9.59 Å².